The highest BCUT2D eigenvalue weighted by Crippen LogP contribution is 2.36. The molecule has 1 saturated heterocycles. The van der Waals surface area contributed by atoms with Gasteiger partial charge in [-0.05, 0) is 59.1 Å². The lowest BCUT2D eigenvalue weighted by Gasteiger charge is -2.30. The number of nitrogens with one attached hydrogen (secondary N) is 1. The van der Waals surface area contributed by atoms with Gasteiger partial charge in [0.05, 0.1) is 29.3 Å². The third-order valence-electron chi connectivity index (χ3n) is 6.49. The molecule has 0 radical (unpaired) electrons. The molecule has 0 bridgehead atoms. The second-order valence-electron chi connectivity index (χ2n) is 10.7. The van der Waals surface area contributed by atoms with E-state index in [0.29, 0.717) is 37.9 Å². The Bertz CT molecular complexity index is 1170. The number of nitriles is 1. The summed E-state index contributed by atoms with van der Waals surface area (Å²) in [4.78, 5) is 26.7. The largest absolute Gasteiger partial charge is 0.447 e. The fraction of sp³-hybridized carbons (Fsp3) is 0.577. The zero-order valence-corrected chi connectivity index (χ0v) is 21.0. The number of hydrogen-bond donors (Lipinski definition) is 2. The second kappa shape index (κ2) is 9.42. The van der Waals surface area contributed by atoms with E-state index in [0.717, 1.165) is 22.2 Å². The van der Waals surface area contributed by atoms with Crippen molar-refractivity contribution in [1.29, 1.82) is 5.26 Å². The zero-order chi connectivity index (χ0) is 25.5. The maximum atomic E-state index is 12.9. The van der Waals surface area contributed by atoms with Gasteiger partial charge < -0.3 is 29.4 Å². The Morgan fingerprint density at radius 1 is 1.29 bits per heavy atom. The van der Waals surface area contributed by atoms with Gasteiger partial charge in [0.1, 0.15) is 11.7 Å². The molecular weight excluding hydrogens is 448 g/mol. The molecule has 188 valence electrons. The van der Waals surface area contributed by atoms with Gasteiger partial charge in [0.15, 0.2) is 0 Å². The van der Waals surface area contributed by atoms with Gasteiger partial charge in [-0.1, -0.05) is 12.1 Å². The lowest BCUT2D eigenvalue weighted by molar-refractivity contribution is 0.0134. The Labute approximate surface area is 205 Å². The molecule has 2 aromatic rings. The first kappa shape index (κ1) is 24.9. The first-order valence-electron chi connectivity index (χ1n) is 12.2. The monoisotopic (exact) mass is 482 g/mol. The van der Waals surface area contributed by atoms with Gasteiger partial charge in [-0.25, -0.2) is 9.59 Å². The molecule has 4 rings (SSSR count). The molecule has 3 unspecified atom stereocenters. The molecule has 2 amide bonds. The molecule has 1 aromatic heterocycles. The fourth-order valence-corrected chi connectivity index (χ4v) is 5.14. The topological polar surface area (TPSA) is 117 Å². The molecule has 35 heavy (non-hydrogen) atoms. The Balaban J connectivity index is 1.68. The summed E-state index contributed by atoms with van der Waals surface area (Å²) < 4.78 is 12.9. The number of fused-ring (bicyclic) bond motifs is 3. The maximum Gasteiger partial charge on any atom is 0.410 e. The van der Waals surface area contributed by atoms with E-state index in [9.17, 15) is 20.0 Å². The van der Waals surface area contributed by atoms with Crippen LogP contribution in [0.1, 0.15) is 57.9 Å². The van der Waals surface area contributed by atoms with Gasteiger partial charge in [-0.2, -0.15) is 5.26 Å². The first-order valence-corrected chi connectivity index (χ1v) is 12.2. The predicted octanol–water partition coefficient (Wildman–Crippen LogP) is 3.49. The van der Waals surface area contributed by atoms with Crippen molar-refractivity contribution in [1.82, 2.24) is 14.8 Å². The molecular formula is C26H34N4O5. The predicted molar refractivity (Wildman–Crippen MR) is 130 cm³/mol. The molecule has 3 atom stereocenters. The molecule has 0 spiro atoms. The van der Waals surface area contributed by atoms with Crippen molar-refractivity contribution in [2.75, 3.05) is 6.54 Å². The summed E-state index contributed by atoms with van der Waals surface area (Å²) in [6.45, 7) is 9.78. The molecule has 1 fully saturated rings. The Kier molecular flexibility index (Phi) is 6.69. The summed E-state index contributed by atoms with van der Waals surface area (Å²) in [6.07, 6.45) is -0.187. The van der Waals surface area contributed by atoms with Crippen LogP contribution in [0, 0.1) is 11.3 Å². The van der Waals surface area contributed by atoms with Crippen LogP contribution in [0.25, 0.3) is 10.9 Å². The van der Waals surface area contributed by atoms with Gasteiger partial charge in [0, 0.05) is 36.6 Å². The number of benzene rings is 1. The van der Waals surface area contributed by atoms with Crippen molar-refractivity contribution in [2.24, 2.45) is 0 Å². The average molecular weight is 483 g/mol. The number of likely N-dealkylation sites (tertiary alicyclic amines) is 1. The van der Waals surface area contributed by atoms with Crippen molar-refractivity contribution in [2.45, 2.75) is 90.3 Å². The first-order chi connectivity index (χ1) is 16.5. The van der Waals surface area contributed by atoms with Crippen LogP contribution in [-0.2, 0) is 28.9 Å². The van der Waals surface area contributed by atoms with E-state index in [2.05, 4.69) is 16.0 Å². The lowest BCUT2D eigenvalue weighted by atomic mass is 10.1. The number of carbonyl (C=O) groups is 2. The number of para-hydroxylation sites is 1. The van der Waals surface area contributed by atoms with Gasteiger partial charge in [0.2, 0.25) is 0 Å². The second-order valence-corrected chi connectivity index (χ2v) is 10.7. The van der Waals surface area contributed by atoms with Crippen molar-refractivity contribution in [3.8, 4) is 6.07 Å². The minimum absolute atomic E-state index is 0.136. The number of aromatic nitrogens is 1. The van der Waals surface area contributed by atoms with Crippen LogP contribution >= 0.6 is 0 Å². The van der Waals surface area contributed by atoms with Crippen molar-refractivity contribution < 1.29 is 24.2 Å². The third kappa shape index (κ3) is 5.08. The van der Waals surface area contributed by atoms with Crippen molar-refractivity contribution >= 4 is 23.1 Å². The molecule has 1 aromatic carbocycles. The van der Waals surface area contributed by atoms with Gasteiger partial charge in [-0.15, -0.1) is 0 Å². The zero-order valence-electron chi connectivity index (χ0n) is 21.0. The molecule has 1 aliphatic carbocycles. The molecule has 1 aliphatic heterocycles. The Hall–Kier alpha value is -3.25. The maximum absolute atomic E-state index is 12.9. The highest BCUT2D eigenvalue weighted by atomic mass is 16.6. The van der Waals surface area contributed by atoms with E-state index in [1.54, 1.807) is 24.8 Å². The summed E-state index contributed by atoms with van der Waals surface area (Å²) in [7, 11) is 0. The van der Waals surface area contributed by atoms with Crippen LogP contribution in [-0.4, -0.2) is 63.2 Å². The van der Waals surface area contributed by atoms with E-state index < -0.39 is 29.9 Å². The van der Waals surface area contributed by atoms with Crippen molar-refractivity contribution in [3.05, 3.63) is 35.0 Å². The van der Waals surface area contributed by atoms with E-state index in [-0.39, 0.29) is 12.1 Å². The number of aliphatic hydroxyl groups is 1. The number of amides is 2. The minimum Gasteiger partial charge on any atom is -0.447 e. The minimum atomic E-state index is -0.707. The molecule has 0 saturated carbocycles. The van der Waals surface area contributed by atoms with Crippen molar-refractivity contribution in [3.63, 3.8) is 0 Å². The lowest BCUT2D eigenvalue weighted by Crippen LogP contribution is -2.45. The fourth-order valence-electron chi connectivity index (χ4n) is 5.14. The highest BCUT2D eigenvalue weighted by molar-refractivity contribution is 5.91. The van der Waals surface area contributed by atoms with E-state index in [1.165, 1.54) is 0 Å². The number of hydrogen-bond acceptors (Lipinski definition) is 6. The summed E-state index contributed by atoms with van der Waals surface area (Å²) in [5.41, 5.74) is 2.76. The molecule has 2 heterocycles. The third-order valence-corrected chi connectivity index (χ3v) is 6.49. The van der Waals surface area contributed by atoms with Crippen LogP contribution in [0.4, 0.5) is 9.59 Å². The number of aliphatic hydroxyl groups excluding tert-OH is 1. The molecule has 2 aliphatic rings. The van der Waals surface area contributed by atoms with Crippen LogP contribution in [0.5, 0.6) is 0 Å². The number of nitrogens with zero attached hydrogens (tertiary/aromatic N) is 3. The Morgan fingerprint density at radius 3 is 2.69 bits per heavy atom. The van der Waals surface area contributed by atoms with E-state index in [4.69, 9.17) is 9.47 Å². The average Bonchev–Trinajstić information content (AvgIpc) is 3.40. The van der Waals surface area contributed by atoms with Crippen LogP contribution in [0.3, 0.4) is 0 Å². The van der Waals surface area contributed by atoms with E-state index >= 15 is 0 Å². The summed E-state index contributed by atoms with van der Waals surface area (Å²) in [5.74, 6) is 0. The van der Waals surface area contributed by atoms with Crippen LogP contribution in [0.15, 0.2) is 18.2 Å². The molecule has 2 N–H and O–H groups in total. The standard InChI is InChI=1S/C26H34N4O5/c1-15(2)34-24(32)28-17-11-19-18-8-6-7-16(13-27)23(18)30(20(19)12-17)14-21-22(31)9-10-29(21)25(33)35-26(3,4)5/h6-8,15,17,21-22,31H,9-12,14H2,1-5H3,(H,28,32). The number of ether oxygens (including phenoxy) is 2. The smallest absolute Gasteiger partial charge is 0.410 e. The van der Waals surface area contributed by atoms with Gasteiger partial charge >= 0.3 is 12.2 Å². The summed E-state index contributed by atoms with van der Waals surface area (Å²) in [5, 5.41) is 24.5. The number of carbonyl (C=O) groups excluding carboxylic acids is 2. The quantitative estimate of drug-likeness (QED) is 0.689. The number of alkyl carbamates (subject to hydrolysis) is 1. The van der Waals surface area contributed by atoms with Gasteiger partial charge in [-0.3, -0.25) is 0 Å². The SMILES string of the molecule is CC(C)OC(=O)NC1Cc2c(n(CC3C(O)CCN3C(=O)OC(C)(C)C)c3c(C#N)cccc23)C1. The van der Waals surface area contributed by atoms with E-state index in [1.807, 2.05) is 32.9 Å². The van der Waals surface area contributed by atoms with Gasteiger partial charge in [0.25, 0.3) is 0 Å². The summed E-state index contributed by atoms with van der Waals surface area (Å²) in [6, 6.07) is 7.28. The normalized spacial score (nSPS) is 21.8. The highest BCUT2D eigenvalue weighted by Gasteiger charge is 2.40. The number of rotatable bonds is 4. The Morgan fingerprint density at radius 2 is 2.03 bits per heavy atom. The van der Waals surface area contributed by atoms with Crippen LogP contribution < -0.4 is 5.32 Å². The molecule has 9 heteroatoms. The summed E-state index contributed by atoms with van der Waals surface area (Å²) >= 11 is 0. The van der Waals surface area contributed by atoms with Crippen LogP contribution in [0.2, 0.25) is 0 Å². The molecule has 9 nitrogen and oxygen atoms in total.